The minimum absolute atomic E-state index is 0. The van der Waals surface area contributed by atoms with E-state index in [1.165, 1.54) is 11.3 Å². The van der Waals surface area contributed by atoms with Gasteiger partial charge in [0, 0.05) is 48.4 Å². The third-order valence-electron chi connectivity index (χ3n) is 4.80. The number of benzene rings is 1. The third kappa shape index (κ3) is 5.19. The molecule has 27 heavy (non-hydrogen) atoms. The molecule has 0 saturated carbocycles. The number of halogens is 1. The number of nitrogens with one attached hydrogen (secondary N) is 1. The van der Waals surface area contributed by atoms with Crippen LogP contribution >= 0.6 is 35.7 Å². The molecule has 0 aliphatic carbocycles. The van der Waals surface area contributed by atoms with E-state index in [-0.39, 0.29) is 28.7 Å². The zero-order chi connectivity index (χ0) is 18.7. The van der Waals surface area contributed by atoms with Gasteiger partial charge in [-0.1, -0.05) is 18.2 Å². The Morgan fingerprint density at radius 2 is 1.96 bits per heavy atom. The van der Waals surface area contributed by atoms with Gasteiger partial charge in [0.15, 0.2) is 5.96 Å². The summed E-state index contributed by atoms with van der Waals surface area (Å²) in [6, 6.07) is 10.3. The van der Waals surface area contributed by atoms with Crippen molar-refractivity contribution in [3.63, 3.8) is 0 Å². The molecule has 1 aromatic heterocycles. The van der Waals surface area contributed by atoms with E-state index in [4.69, 9.17) is 5.10 Å². The molecule has 3 rings (SSSR count). The predicted octanol–water partition coefficient (Wildman–Crippen LogP) is 4.01. The molecular weight excluding hydrogens is 469 g/mol. The van der Waals surface area contributed by atoms with Crippen molar-refractivity contribution in [3.05, 3.63) is 47.3 Å². The highest BCUT2D eigenvalue weighted by atomic mass is 127. The number of para-hydroxylation sites is 1. The molecule has 0 atom stereocenters. The quantitative estimate of drug-likeness (QED) is 0.394. The number of aliphatic imine (C=N–C) groups is 1. The van der Waals surface area contributed by atoms with Crippen LogP contribution in [0.15, 0.2) is 35.3 Å². The van der Waals surface area contributed by atoms with E-state index in [1.54, 1.807) is 0 Å². The van der Waals surface area contributed by atoms with Crippen LogP contribution in [-0.2, 0) is 6.54 Å². The summed E-state index contributed by atoms with van der Waals surface area (Å²) in [6.45, 7) is 11.6. The number of thioether (sulfide) groups is 1. The van der Waals surface area contributed by atoms with Crippen molar-refractivity contribution < 1.29 is 0 Å². The van der Waals surface area contributed by atoms with Crippen LogP contribution in [0.1, 0.15) is 30.8 Å². The summed E-state index contributed by atoms with van der Waals surface area (Å²) in [6.07, 6.45) is 0. The highest BCUT2D eigenvalue weighted by molar-refractivity contribution is 14.0. The monoisotopic (exact) mass is 499 g/mol. The molecular formula is C20H30IN5S. The zero-order valence-electron chi connectivity index (χ0n) is 16.8. The smallest absolute Gasteiger partial charge is 0.193 e. The molecule has 2 aromatic rings. The van der Waals surface area contributed by atoms with Crippen molar-refractivity contribution in [1.29, 1.82) is 0 Å². The molecule has 0 radical (unpaired) electrons. The second-order valence-corrected chi connectivity index (χ2v) is 9.13. The van der Waals surface area contributed by atoms with Crippen LogP contribution in [0.25, 0.3) is 5.69 Å². The molecule has 1 aromatic carbocycles. The number of hydrogen-bond donors (Lipinski definition) is 1. The molecule has 0 spiro atoms. The Kier molecular flexibility index (Phi) is 7.62. The first-order valence-electron chi connectivity index (χ1n) is 9.11. The standard InChI is InChI=1S/C20H29N5S.HI/c1-15-18(16(2)25(23-15)17-9-7-6-8-10-17)13-22-19(21-5)24-11-12-26-20(3,4)14-24;/h6-10H,11-14H2,1-5H3,(H,21,22);1H. The van der Waals surface area contributed by atoms with Gasteiger partial charge in [-0.3, -0.25) is 4.99 Å². The lowest BCUT2D eigenvalue weighted by Crippen LogP contribution is -2.50. The first kappa shape index (κ1) is 22.1. The molecule has 1 N–H and O–H groups in total. The van der Waals surface area contributed by atoms with Crippen molar-refractivity contribution in [3.8, 4) is 5.69 Å². The average molecular weight is 499 g/mol. The van der Waals surface area contributed by atoms with Gasteiger partial charge in [0.2, 0.25) is 0 Å². The summed E-state index contributed by atoms with van der Waals surface area (Å²) in [5.41, 5.74) is 4.56. The summed E-state index contributed by atoms with van der Waals surface area (Å²) >= 11 is 2.03. The fourth-order valence-corrected chi connectivity index (χ4v) is 4.56. The van der Waals surface area contributed by atoms with E-state index >= 15 is 0 Å². The number of hydrogen-bond acceptors (Lipinski definition) is 3. The first-order chi connectivity index (χ1) is 12.4. The lowest BCUT2D eigenvalue weighted by atomic mass is 10.2. The maximum atomic E-state index is 4.74. The molecule has 5 nitrogen and oxygen atoms in total. The summed E-state index contributed by atoms with van der Waals surface area (Å²) in [7, 11) is 1.87. The molecule has 0 amide bonds. The van der Waals surface area contributed by atoms with Crippen molar-refractivity contribution in [2.45, 2.75) is 39.0 Å². The number of guanidine groups is 1. The molecule has 0 bridgehead atoms. The van der Waals surface area contributed by atoms with Gasteiger partial charge in [0.1, 0.15) is 0 Å². The zero-order valence-corrected chi connectivity index (χ0v) is 20.0. The van der Waals surface area contributed by atoms with Gasteiger partial charge in [-0.2, -0.15) is 16.9 Å². The highest BCUT2D eigenvalue weighted by Gasteiger charge is 2.28. The maximum absolute atomic E-state index is 4.74. The summed E-state index contributed by atoms with van der Waals surface area (Å²) < 4.78 is 2.29. The Morgan fingerprint density at radius 1 is 1.26 bits per heavy atom. The lowest BCUT2D eigenvalue weighted by molar-refractivity contribution is 0.375. The molecule has 0 unspecified atom stereocenters. The first-order valence-corrected chi connectivity index (χ1v) is 10.1. The van der Waals surface area contributed by atoms with E-state index in [2.05, 4.69) is 55.0 Å². The van der Waals surface area contributed by atoms with Gasteiger partial charge in [-0.05, 0) is 39.8 Å². The van der Waals surface area contributed by atoms with Crippen molar-refractivity contribution in [2.75, 3.05) is 25.9 Å². The van der Waals surface area contributed by atoms with E-state index in [1.807, 2.05) is 41.7 Å². The predicted molar refractivity (Wildman–Crippen MR) is 127 cm³/mol. The van der Waals surface area contributed by atoms with Crippen LogP contribution in [0.3, 0.4) is 0 Å². The minimum atomic E-state index is 0. The molecule has 148 valence electrons. The maximum Gasteiger partial charge on any atom is 0.193 e. The second-order valence-electron chi connectivity index (χ2n) is 7.33. The fraction of sp³-hybridized carbons (Fsp3) is 0.500. The van der Waals surface area contributed by atoms with Gasteiger partial charge in [-0.25, -0.2) is 4.68 Å². The Bertz CT molecular complexity index is 785. The highest BCUT2D eigenvalue weighted by Crippen LogP contribution is 2.29. The number of rotatable bonds is 3. The van der Waals surface area contributed by atoms with Crippen LogP contribution < -0.4 is 5.32 Å². The largest absolute Gasteiger partial charge is 0.352 e. The topological polar surface area (TPSA) is 45.5 Å². The van der Waals surface area contributed by atoms with Gasteiger partial charge in [0.05, 0.1) is 11.4 Å². The van der Waals surface area contributed by atoms with Gasteiger partial charge in [0.25, 0.3) is 0 Å². The van der Waals surface area contributed by atoms with Gasteiger partial charge >= 0.3 is 0 Å². The average Bonchev–Trinajstić information content (AvgIpc) is 2.90. The lowest BCUT2D eigenvalue weighted by Gasteiger charge is -2.39. The summed E-state index contributed by atoms with van der Waals surface area (Å²) in [5.74, 6) is 2.11. The van der Waals surface area contributed by atoms with Gasteiger partial charge in [-0.15, -0.1) is 24.0 Å². The Morgan fingerprint density at radius 3 is 2.59 bits per heavy atom. The Labute approximate surface area is 184 Å². The van der Waals surface area contributed by atoms with Crippen molar-refractivity contribution in [1.82, 2.24) is 20.0 Å². The minimum Gasteiger partial charge on any atom is -0.352 e. The van der Waals surface area contributed by atoms with E-state index in [0.29, 0.717) is 0 Å². The second kappa shape index (κ2) is 9.32. The van der Waals surface area contributed by atoms with E-state index in [0.717, 1.165) is 42.7 Å². The molecule has 1 fully saturated rings. The molecule has 2 heterocycles. The van der Waals surface area contributed by atoms with Crippen LogP contribution in [-0.4, -0.2) is 51.3 Å². The number of aryl methyl sites for hydroxylation is 1. The number of aromatic nitrogens is 2. The fourth-order valence-electron chi connectivity index (χ4n) is 3.45. The molecule has 1 saturated heterocycles. The van der Waals surface area contributed by atoms with Crippen molar-refractivity contribution >= 4 is 41.7 Å². The normalized spacial score (nSPS) is 16.8. The van der Waals surface area contributed by atoms with Crippen LogP contribution in [0.2, 0.25) is 0 Å². The van der Waals surface area contributed by atoms with Crippen molar-refractivity contribution in [2.24, 2.45) is 4.99 Å². The van der Waals surface area contributed by atoms with Crippen LogP contribution in [0.5, 0.6) is 0 Å². The van der Waals surface area contributed by atoms with Crippen LogP contribution in [0.4, 0.5) is 0 Å². The SMILES string of the molecule is CN=C(NCc1c(C)nn(-c2ccccc2)c1C)N1CCSC(C)(C)C1.I. The molecule has 7 heteroatoms. The third-order valence-corrected chi connectivity index (χ3v) is 6.10. The summed E-state index contributed by atoms with van der Waals surface area (Å²) in [4.78, 5) is 6.88. The number of nitrogens with zero attached hydrogens (tertiary/aromatic N) is 4. The molecule has 1 aliphatic rings. The Hall–Kier alpha value is -1.22. The Balaban J connectivity index is 0.00000261. The van der Waals surface area contributed by atoms with Crippen LogP contribution in [0, 0.1) is 13.8 Å². The van der Waals surface area contributed by atoms with Gasteiger partial charge < -0.3 is 10.2 Å². The van der Waals surface area contributed by atoms with E-state index in [9.17, 15) is 0 Å². The van der Waals surface area contributed by atoms with E-state index < -0.39 is 0 Å². The molecule has 1 aliphatic heterocycles. The summed E-state index contributed by atoms with van der Waals surface area (Å²) in [5, 5.41) is 8.29.